The van der Waals surface area contributed by atoms with Gasteiger partial charge < -0.3 is 16.4 Å². The number of nitrogens with one attached hydrogen (secondary N) is 2. The van der Waals surface area contributed by atoms with Crippen molar-refractivity contribution in [3.8, 4) is 0 Å². The molecule has 1 atom stereocenters. The minimum atomic E-state index is 0.120. The minimum absolute atomic E-state index is 0.120. The van der Waals surface area contributed by atoms with Gasteiger partial charge >= 0.3 is 0 Å². The van der Waals surface area contributed by atoms with Gasteiger partial charge in [-0.05, 0) is 61.3 Å². The van der Waals surface area contributed by atoms with E-state index in [-0.39, 0.29) is 11.9 Å². The van der Waals surface area contributed by atoms with Gasteiger partial charge in [0, 0.05) is 29.6 Å². The fourth-order valence-electron chi connectivity index (χ4n) is 3.54. The molecule has 2 rings (SSSR count). The molecule has 26 heavy (non-hydrogen) atoms. The molecule has 144 valence electrons. The number of nitrogens with two attached hydrogens (primary N) is 1. The molecule has 0 aromatic heterocycles. The molecular weight excluding hydrogens is 342 g/mol. The average Bonchev–Trinajstić information content (AvgIpc) is 3.16. The van der Waals surface area contributed by atoms with Crippen molar-refractivity contribution in [1.82, 2.24) is 10.6 Å². The SMILES string of the molecule is C=C(CCC(=O)NC(CNC)C1CCCC1)Sc1cc(CC)ccc1N. The molecule has 1 unspecified atom stereocenters. The summed E-state index contributed by atoms with van der Waals surface area (Å²) >= 11 is 1.58. The molecule has 1 amide bonds. The molecule has 4 nitrogen and oxygen atoms in total. The molecule has 0 spiro atoms. The van der Waals surface area contributed by atoms with E-state index in [9.17, 15) is 4.79 Å². The maximum atomic E-state index is 12.4. The topological polar surface area (TPSA) is 67.2 Å². The molecule has 0 heterocycles. The van der Waals surface area contributed by atoms with Gasteiger partial charge in [0.05, 0.1) is 0 Å². The summed E-state index contributed by atoms with van der Waals surface area (Å²) < 4.78 is 0. The highest BCUT2D eigenvalue weighted by Gasteiger charge is 2.25. The lowest BCUT2D eigenvalue weighted by atomic mass is 9.98. The van der Waals surface area contributed by atoms with Crippen LogP contribution in [0.2, 0.25) is 0 Å². The number of carbonyl (C=O) groups is 1. The van der Waals surface area contributed by atoms with Crippen molar-refractivity contribution in [2.24, 2.45) is 5.92 Å². The molecule has 5 heteroatoms. The number of carbonyl (C=O) groups excluding carboxylic acids is 1. The van der Waals surface area contributed by atoms with E-state index in [1.165, 1.54) is 31.2 Å². The van der Waals surface area contributed by atoms with E-state index in [1.807, 2.05) is 13.1 Å². The number of thioether (sulfide) groups is 1. The Kier molecular flexibility index (Phi) is 8.52. The zero-order valence-corrected chi connectivity index (χ0v) is 17.0. The molecule has 1 aromatic carbocycles. The third-order valence-electron chi connectivity index (χ3n) is 5.11. The van der Waals surface area contributed by atoms with Gasteiger partial charge in [0.2, 0.25) is 5.91 Å². The standard InChI is InChI=1S/C21H33N3OS/c1-4-16-10-11-18(22)20(13-16)26-15(2)9-12-21(25)24-19(14-23-3)17-7-5-6-8-17/h10-11,13,17,19,23H,2,4-9,12,14,22H2,1,3H3,(H,24,25). The Bertz CT molecular complexity index is 611. The fourth-order valence-corrected chi connectivity index (χ4v) is 4.45. The van der Waals surface area contributed by atoms with Crippen LogP contribution in [0.15, 0.2) is 34.6 Å². The van der Waals surface area contributed by atoms with Crippen molar-refractivity contribution in [3.63, 3.8) is 0 Å². The quantitative estimate of drug-likeness (QED) is 0.425. The van der Waals surface area contributed by atoms with Gasteiger partial charge in [-0.25, -0.2) is 0 Å². The Hall–Kier alpha value is -1.46. The third kappa shape index (κ3) is 6.36. The summed E-state index contributed by atoms with van der Waals surface area (Å²) in [4.78, 5) is 14.4. The van der Waals surface area contributed by atoms with Crippen LogP contribution in [0.1, 0.15) is 51.0 Å². The lowest BCUT2D eigenvalue weighted by Crippen LogP contribution is -2.45. The van der Waals surface area contributed by atoms with E-state index in [4.69, 9.17) is 5.73 Å². The zero-order chi connectivity index (χ0) is 18.9. The van der Waals surface area contributed by atoms with Crippen LogP contribution in [0.5, 0.6) is 0 Å². The van der Waals surface area contributed by atoms with Gasteiger partial charge in [0.25, 0.3) is 0 Å². The highest BCUT2D eigenvalue weighted by atomic mass is 32.2. The van der Waals surface area contributed by atoms with Crippen LogP contribution in [-0.2, 0) is 11.2 Å². The first kappa shape index (κ1) is 20.8. The van der Waals surface area contributed by atoms with Crippen LogP contribution in [0.3, 0.4) is 0 Å². The second kappa shape index (κ2) is 10.6. The summed E-state index contributed by atoms with van der Waals surface area (Å²) in [6.07, 6.45) is 7.15. The molecule has 0 aliphatic heterocycles. The highest BCUT2D eigenvalue weighted by molar-refractivity contribution is 8.03. The lowest BCUT2D eigenvalue weighted by Gasteiger charge is -2.24. The largest absolute Gasteiger partial charge is 0.398 e. The fraction of sp³-hybridized carbons (Fsp3) is 0.571. The van der Waals surface area contributed by atoms with Crippen molar-refractivity contribution < 1.29 is 4.79 Å². The summed E-state index contributed by atoms with van der Waals surface area (Å²) in [5.74, 6) is 0.731. The molecule has 0 bridgehead atoms. The maximum absolute atomic E-state index is 12.4. The van der Waals surface area contributed by atoms with Crippen LogP contribution in [0.25, 0.3) is 0 Å². The van der Waals surface area contributed by atoms with E-state index < -0.39 is 0 Å². The molecule has 1 aromatic rings. The number of hydrogen-bond donors (Lipinski definition) is 3. The van der Waals surface area contributed by atoms with Crippen molar-refractivity contribution in [1.29, 1.82) is 0 Å². The van der Waals surface area contributed by atoms with Crippen molar-refractivity contribution in [2.75, 3.05) is 19.3 Å². The summed E-state index contributed by atoms with van der Waals surface area (Å²) in [5.41, 5.74) is 8.10. The molecule has 0 saturated heterocycles. The number of benzene rings is 1. The Morgan fingerprint density at radius 2 is 2.08 bits per heavy atom. The number of likely N-dealkylation sites (N-methyl/N-ethyl adjacent to an activating group) is 1. The number of hydrogen-bond acceptors (Lipinski definition) is 4. The van der Waals surface area contributed by atoms with Crippen LogP contribution in [-0.4, -0.2) is 25.5 Å². The van der Waals surface area contributed by atoms with Crippen molar-refractivity contribution in [3.05, 3.63) is 35.2 Å². The molecule has 4 N–H and O–H groups in total. The maximum Gasteiger partial charge on any atom is 0.220 e. The number of allylic oxidation sites excluding steroid dienone is 1. The molecule has 1 aliphatic rings. The summed E-state index contributed by atoms with van der Waals surface area (Å²) in [5, 5.41) is 6.45. The molecular formula is C21H33N3OS. The summed E-state index contributed by atoms with van der Waals surface area (Å²) in [6, 6.07) is 6.37. The molecule has 1 fully saturated rings. The Morgan fingerprint density at radius 1 is 1.35 bits per heavy atom. The highest BCUT2D eigenvalue weighted by Crippen LogP contribution is 2.33. The lowest BCUT2D eigenvalue weighted by molar-refractivity contribution is -0.122. The van der Waals surface area contributed by atoms with Gasteiger partial charge in [0.1, 0.15) is 0 Å². The normalized spacial score (nSPS) is 15.8. The monoisotopic (exact) mass is 375 g/mol. The first-order valence-electron chi connectivity index (χ1n) is 9.71. The average molecular weight is 376 g/mol. The second-order valence-corrected chi connectivity index (χ2v) is 8.36. The number of aryl methyl sites for hydroxylation is 1. The van der Waals surface area contributed by atoms with E-state index in [1.54, 1.807) is 11.8 Å². The van der Waals surface area contributed by atoms with Crippen LogP contribution in [0.4, 0.5) is 5.69 Å². The van der Waals surface area contributed by atoms with E-state index in [0.29, 0.717) is 18.8 Å². The van der Waals surface area contributed by atoms with Crippen molar-refractivity contribution in [2.45, 2.75) is 62.8 Å². The van der Waals surface area contributed by atoms with Crippen molar-refractivity contribution >= 4 is 23.4 Å². The predicted molar refractivity (Wildman–Crippen MR) is 112 cm³/mol. The molecule has 1 aliphatic carbocycles. The van der Waals surface area contributed by atoms with Crippen LogP contribution >= 0.6 is 11.8 Å². The smallest absolute Gasteiger partial charge is 0.220 e. The number of nitrogen functional groups attached to an aromatic ring is 1. The Balaban J connectivity index is 1.81. The van der Waals surface area contributed by atoms with Gasteiger partial charge in [-0.3, -0.25) is 4.79 Å². The van der Waals surface area contributed by atoms with E-state index in [2.05, 4.69) is 36.3 Å². The zero-order valence-electron chi connectivity index (χ0n) is 16.1. The van der Waals surface area contributed by atoms with E-state index >= 15 is 0 Å². The number of rotatable bonds is 10. The number of amides is 1. The van der Waals surface area contributed by atoms with Crippen LogP contribution < -0.4 is 16.4 Å². The van der Waals surface area contributed by atoms with Gasteiger partial charge in [-0.1, -0.05) is 44.2 Å². The summed E-state index contributed by atoms with van der Waals surface area (Å²) in [7, 11) is 1.95. The van der Waals surface area contributed by atoms with Gasteiger partial charge in [0.15, 0.2) is 0 Å². The third-order valence-corrected chi connectivity index (χ3v) is 6.18. The summed E-state index contributed by atoms with van der Waals surface area (Å²) in [6.45, 7) is 7.10. The first-order chi connectivity index (χ1) is 12.5. The molecule has 1 saturated carbocycles. The Labute approximate surface area is 162 Å². The number of anilines is 1. The molecule has 0 radical (unpaired) electrons. The first-order valence-corrected chi connectivity index (χ1v) is 10.5. The van der Waals surface area contributed by atoms with Gasteiger partial charge in [-0.2, -0.15) is 0 Å². The Morgan fingerprint density at radius 3 is 2.73 bits per heavy atom. The van der Waals surface area contributed by atoms with E-state index in [0.717, 1.165) is 28.5 Å². The van der Waals surface area contributed by atoms with Gasteiger partial charge in [-0.15, -0.1) is 0 Å². The minimum Gasteiger partial charge on any atom is -0.398 e. The second-order valence-electron chi connectivity index (χ2n) is 7.14. The predicted octanol–water partition coefficient (Wildman–Crippen LogP) is 4.11. The van der Waals surface area contributed by atoms with Crippen LogP contribution in [0, 0.1) is 5.92 Å².